The Morgan fingerprint density at radius 1 is 1.03 bits per heavy atom. The highest BCUT2D eigenvalue weighted by atomic mass is 127. The third-order valence-electron chi connectivity index (χ3n) is 5.56. The monoisotopic (exact) mass is 566 g/mol. The zero-order valence-electron chi connectivity index (χ0n) is 17.5. The highest BCUT2D eigenvalue weighted by molar-refractivity contribution is 14.1. The molecule has 33 heavy (non-hydrogen) atoms. The molecular weight excluding hydrogens is 547 g/mol. The maximum atomic E-state index is 13.3. The van der Waals surface area contributed by atoms with Crippen molar-refractivity contribution >= 4 is 61.9 Å². The Kier molecular flexibility index (Phi) is 6.05. The molecule has 5 rings (SSSR count). The first-order valence-electron chi connectivity index (χ1n) is 10.5. The zero-order chi connectivity index (χ0) is 22.9. The number of nitrogens with one attached hydrogen (secondary N) is 2. The van der Waals surface area contributed by atoms with Gasteiger partial charge in [-0.1, -0.05) is 41.9 Å². The molecule has 0 bridgehead atoms. The van der Waals surface area contributed by atoms with Gasteiger partial charge in [0.1, 0.15) is 0 Å². The van der Waals surface area contributed by atoms with Crippen LogP contribution in [0.2, 0.25) is 5.02 Å². The van der Waals surface area contributed by atoms with E-state index in [9.17, 15) is 4.79 Å². The second-order valence-electron chi connectivity index (χ2n) is 7.84. The molecule has 1 amide bonds. The van der Waals surface area contributed by atoms with E-state index in [1.807, 2.05) is 72.8 Å². The van der Waals surface area contributed by atoms with Crippen molar-refractivity contribution in [2.45, 2.75) is 13.1 Å². The molecule has 7 heteroatoms. The second-order valence-corrected chi connectivity index (χ2v) is 9.52. The van der Waals surface area contributed by atoms with E-state index in [-0.39, 0.29) is 5.91 Å². The van der Waals surface area contributed by atoms with Gasteiger partial charge in [-0.2, -0.15) is 0 Å². The van der Waals surface area contributed by atoms with E-state index in [4.69, 9.17) is 22.3 Å². The molecule has 5 aromatic rings. The van der Waals surface area contributed by atoms with Crippen molar-refractivity contribution < 1.29 is 4.79 Å². The van der Waals surface area contributed by atoms with Crippen LogP contribution in [0.1, 0.15) is 21.5 Å². The molecular formula is C26H20ClIN4O. The molecule has 3 aromatic carbocycles. The van der Waals surface area contributed by atoms with Crippen LogP contribution in [0.25, 0.3) is 33.2 Å². The van der Waals surface area contributed by atoms with Gasteiger partial charge in [0, 0.05) is 38.0 Å². The van der Waals surface area contributed by atoms with Gasteiger partial charge in [-0.15, -0.1) is 0 Å². The molecule has 0 unspecified atom stereocenters. The Bertz CT molecular complexity index is 1510. The van der Waals surface area contributed by atoms with Gasteiger partial charge in [0.25, 0.3) is 5.91 Å². The average Bonchev–Trinajstić information content (AvgIpc) is 3.25. The number of nitrogens with zero attached hydrogens (tertiary/aromatic N) is 1. The van der Waals surface area contributed by atoms with Crippen molar-refractivity contribution in [2.75, 3.05) is 0 Å². The van der Waals surface area contributed by atoms with Gasteiger partial charge in [0.05, 0.1) is 22.5 Å². The Morgan fingerprint density at radius 3 is 2.73 bits per heavy atom. The number of aromatic nitrogens is 2. The van der Waals surface area contributed by atoms with E-state index in [0.717, 1.165) is 42.2 Å². The number of aromatic amines is 1. The predicted octanol–water partition coefficient (Wildman–Crippen LogP) is 6.03. The molecule has 0 aliphatic rings. The number of nitrogens with two attached hydrogens (primary N) is 1. The standard InChI is InChI=1S/C26H20ClIN4O/c27-18-4-7-22-17(9-18)10-24(31-22)25-12-21(20-6-5-19(28)11-23(20)32-25)26(33)30-14-16-3-1-2-15(8-16)13-29/h1-12,31H,13-14,29H2,(H,30,33). The summed E-state index contributed by atoms with van der Waals surface area (Å²) in [5.74, 6) is -0.151. The summed E-state index contributed by atoms with van der Waals surface area (Å²) in [5, 5.41) is 5.53. The lowest BCUT2D eigenvalue weighted by atomic mass is 10.1. The van der Waals surface area contributed by atoms with Crippen molar-refractivity contribution in [3.8, 4) is 11.4 Å². The minimum Gasteiger partial charge on any atom is -0.353 e. The van der Waals surface area contributed by atoms with Gasteiger partial charge in [0.15, 0.2) is 0 Å². The van der Waals surface area contributed by atoms with E-state index >= 15 is 0 Å². The maximum absolute atomic E-state index is 13.3. The summed E-state index contributed by atoms with van der Waals surface area (Å²) < 4.78 is 1.05. The van der Waals surface area contributed by atoms with E-state index in [2.05, 4.69) is 32.9 Å². The van der Waals surface area contributed by atoms with E-state index < -0.39 is 0 Å². The fourth-order valence-corrected chi connectivity index (χ4v) is 4.57. The molecule has 164 valence electrons. The lowest BCUT2D eigenvalue weighted by molar-refractivity contribution is 0.0952. The van der Waals surface area contributed by atoms with Crippen LogP contribution in [0.15, 0.2) is 72.8 Å². The fourth-order valence-electron chi connectivity index (χ4n) is 3.91. The van der Waals surface area contributed by atoms with Crippen molar-refractivity contribution in [3.05, 3.63) is 98.1 Å². The van der Waals surface area contributed by atoms with Gasteiger partial charge >= 0.3 is 0 Å². The number of pyridine rings is 1. The summed E-state index contributed by atoms with van der Waals surface area (Å²) in [5.41, 5.74) is 11.6. The topological polar surface area (TPSA) is 83.8 Å². The number of amides is 1. The number of hydrogen-bond acceptors (Lipinski definition) is 3. The zero-order valence-corrected chi connectivity index (χ0v) is 20.4. The molecule has 0 radical (unpaired) electrons. The minimum absolute atomic E-state index is 0.151. The van der Waals surface area contributed by atoms with Crippen LogP contribution in [-0.2, 0) is 13.1 Å². The first-order chi connectivity index (χ1) is 16.0. The highest BCUT2D eigenvalue weighted by Crippen LogP contribution is 2.29. The Balaban J connectivity index is 1.54. The fraction of sp³-hybridized carbons (Fsp3) is 0.0769. The van der Waals surface area contributed by atoms with Gasteiger partial charge in [0.2, 0.25) is 0 Å². The molecule has 2 heterocycles. The normalized spacial score (nSPS) is 11.2. The number of hydrogen-bond donors (Lipinski definition) is 3. The Hall–Kier alpha value is -2.94. The van der Waals surface area contributed by atoms with Crippen molar-refractivity contribution in [1.82, 2.24) is 15.3 Å². The lowest BCUT2D eigenvalue weighted by Gasteiger charge is -2.11. The van der Waals surface area contributed by atoms with Crippen molar-refractivity contribution in [2.24, 2.45) is 5.73 Å². The molecule has 0 fully saturated rings. The summed E-state index contributed by atoms with van der Waals surface area (Å²) in [6.45, 7) is 0.884. The number of H-pyrrole nitrogens is 1. The molecule has 0 aliphatic carbocycles. The number of benzene rings is 3. The number of carbonyl (C=O) groups excluding carboxylic acids is 1. The van der Waals surface area contributed by atoms with Crippen LogP contribution in [0.5, 0.6) is 0 Å². The van der Waals surface area contributed by atoms with Crippen LogP contribution in [0, 0.1) is 3.57 Å². The van der Waals surface area contributed by atoms with E-state index in [0.29, 0.717) is 29.4 Å². The lowest BCUT2D eigenvalue weighted by Crippen LogP contribution is -2.23. The minimum atomic E-state index is -0.151. The van der Waals surface area contributed by atoms with Gasteiger partial charge in [-0.3, -0.25) is 4.79 Å². The van der Waals surface area contributed by atoms with Crippen LogP contribution >= 0.6 is 34.2 Å². The predicted molar refractivity (Wildman–Crippen MR) is 142 cm³/mol. The molecule has 2 aromatic heterocycles. The van der Waals surface area contributed by atoms with Crippen LogP contribution in [-0.4, -0.2) is 15.9 Å². The summed E-state index contributed by atoms with van der Waals surface area (Å²) in [6, 6.07) is 23.4. The Labute approximate surface area is 209 Å². The molecule has 4 N–H and O–H groups in total. The quantitative estimate of drug-likeness (QED) is 0.227. The summed E-state index contributed by atoms with van der Waals surface area (Å²) in [7, 11) is 0. The van der Waals surface area contributed by atoms with Crippen LogP contribution in [0.4, 0.5) is 0 Å². The maximum Gasteiger partial charge on any atom is 0.252 e. The summed E-state index contributed by atoms with van der Waals surface area (Å²) in [4.78, 5) is 21.5. The van der Waals surface area contributed by atoms with Crippen LogP contribution < -0.4 is 11.1 Å². The summed E-state index contributed by atoms with van der Waals surface area (Å²) >= 11 is 8.41. The first-order valence-corrected chi connectivity index (χ1v) is 11.9. The van der Waals surface area contributed by atoms with Crippen LogP contribution in [0.3, 0.4) is 0 Å². The van der Waals surface area contributed by atoms with Crippen molar-refractivity contribution in [3.63, 3.8) is 0 Å². The van der Waals surface area contributed by atoms with E-state index in [1.165, 1.54) is 0 Å². The number of carbonyl (C=O) groups is 1. The van der Waals surface area contributed by atoms with Gasteiger partial charge in [-0.25, -0.2) is 4.98 Å². The summed E-state index contributed by atoms with van der Waals surface area (Å²) in [6.07, 6.45) is 0. The molecule has 0 saturated heterocycles. The number of halogens is 2. The average molecular weight is 567 g/mol. The van der Waals surface area contributed by atoms with Crippen molar-refractivity contribution in [1.29, 1.82) is 0 Å². The molecule has 5 nitrogen and oxygen atoms in total. The Morgan fingerprint density at radius 2 is 1.88 bits per heavy atom. The van der Waals surface area contributed by atoms with E-state index in [1.54, 1.807) is 0 Å². The second kappa shape index (κ2) is 9.13. The number of rotatable bonds is 5. The number of fused-ring (bicyclic) bond motifs is 2. The van der Waals surface area contributed by atoms with Gasteiger partial charge in [-0.05, 0) is 76.2 Å². The molecule has 0 aliphatic heterocycles. The molecule has 0 spiro atoms. The molecule has 0 saturated carbocycles. The van der Waals surface area contributed by atoms with Gasteiger partial charge < -0.3 is 16.0 Å². The highest BCUT2D eigenvalue weighted by Gasteiger charge is 2.16. The third kappa shape index (κ3) is 4.59. The largest absolute Gasteiger partial charge is 0.353 e. The third-order valence-corrected chi connectivity index (χ3v) is 6.46. The SMILES string of the molecule is NCc1cccc(CNC(=O)c2cc(-c3cc4cc(Cl)ccc4[nH]3)nc3cc(I)ccc23)c1. The first kappa shape index (κ1) is 21.9. The smallest absolute Gasteiger partial charge is 0.252 e. The molecule has 0 atom stereocenters.